The fourth-order valence-corrected chi connectivity index (χ4v) is 3.52. The number of rotatable bonds is 3. The van der Waals surface area contributed by atoms with Gasteiger partial charge in [0.15, 0.2) is 5.13 Å². The van der Waals surface area contributed by atoms with Gasteiger partial charge in [0, 0.05) is 21.4 Å². The lowest BCUT2D eigenvalue weighted by Gasteiger charge is -2.06. The molecule has 4 aromatic rings. The van der Waals surface area contributed by atoms with Crippen LogP contribution in [0, 0.1) is 0 Å². The van der Waals surface area contributed by atoms with Gasteiger partial charge in [0.05, 0.1) is 11.2 Å². The third kappa shape index (κ3) is 3.30. The van der Waals surface area contributed by atoms with Crippen LogP contribution in [0.4, 0.5) is 5.13 Å². The number of aromatic amines is 1. The number of aromatic nitrogens is 2. The van der Waals surface area contributed by atoms with Gasteiger partial charge in [0.2, 0.25) is 0 Å². The smallest absolute Gasteiger partial charge is 0.266 e. The first-order valence-corrected chi connectivity index (χ1v) is 9.15. The summed E-state index contributed by atoms with van der Waals surface area (Å²) in [5, 5.41) is 16.1. The van der Waals surface area contributed by atoms with Gasteiger partial charge in [-0.15, -0.1) is 11.3 Å². The van der Waals surface area contributed by atoms with E-state index in [0.29, 0.717) is 26.8 Å². The van der Waals surface area contributed by atoms with E-state index in [9.17, 15) is 14.7 Å². The van der Waals surface area contributed by atoms with Crippen LogP contribution in [-0.2, 0) is 0 Å². The molecular weight excluding hydrogens is 386 g/mol. The molecule has 0 aliphatic rings. The van der Waals surface area contributed by atoms with Crippen LogP contribution >= 0.6 is 22.9 Å². The van der Waals surface area contributed by atoms with Crippen LogP contribution in [-0.4, -0.2) is 21.0 Å². The average molecular weight is 398 g/mol. The van der Waals surface area contributed by atoms with E-state index >= 15 is 0 Å². The first-order chi connectivity index (χ1) is 13.0. The maximum absolute atomic E-state index is 12.5. The van der Waals surface area contributed by atoms with Crippen LogP contribution in [0.5, 0.6) is 5.75 Å². The van der Waals surface area contributed by atoms with Crippen molar-refractivity contribution >= 4 is 44.9 Å². The minimum atomic E-state index is -0.725. The summed E-state index contributed by atoms with van der Waals surface area (Å²) in [5.74, 6) is -1.09. The summed E-state index contributed by atoms with van der Waals surface area (Å²) >= 11 is 7.10. The van der Waals surface area contributed by atoms with Gasteiger partial charge in [-0.2, -0.15) is 0 Å². The van der Waals surface area contributed by atoms with Crippen molar-refractivity contribution in [1.82, 2.24) is 9.97 Å². The molecule has 2 aromatic heterocycles. The maximum Gasteiger partial charge on any atom is 0.266 e. The molecule has 0 atom stereocenters. The Morgan fingerprint density at radius 3 is 2.67 bits per heavy atom. The van der Waals surface area contributed by atoms with Crippen molar-refractivity contribution < 1.29 is 9.90 Å². The highest BCUT2D eigenvalue weighted by molar-refractivity contribution is 7.14. The number of pyridine rings is 1. The second kappa shape index (κ2) is 6.86. The third-order valence-corrected chi connectivity index (χ3v) is 5.00. The first kappa shape index (κ1) is 17.3. The number of halogens is 1. The Bertz CT molecular complexity index is 1220. The minimum absolute atomic E-state index is 0.317. The summed E-state index contributed by atoms with van der Waals surface area (Å²) in [6.45, 7) is 0. The molecule has 8 heteroatoms. The predicted molar refractivity (Wildman–Crippen MR) is 107 cm³/mol. The van der Waals surface area contributed by atoms with Crippen molar-refractivity contribution in [1.29, 1.82) is 0 Å². The van der Waals surface area contributed by atoms with Crippen molar-refractivity contribution in [3.05, 3.63) is 74.9 Å². The Morgan fingerprint density at radius 2 is 1.89 bits per heavy atom. The third-order valence-electron chi connectivity index (χ3n) is 3.99. The standard InChI is InChI=1S/C19H12ClN3O3S/c20-11-7-5-10(6-8-11)14-9-27-19(22-14)23-18(26)15-16(24)12-3-1-2-4-13(12)21-17(15)25/h1-9H,(H2,21,24,25)(H,22,23,26). The lowest BCUT2D eigenvalue weighted by Crippen LogP contribution is -2.23. The van der Waals surface area contributed by atoms with Crippen LogP contribution in [0.25, 0.3) is 22.2 Å². The number of thiazole rings is 1. The molecule has 0 aliphatic heterocycles. The zero-order valence-electron chi connectivity index (χ0n) is 13.7. The zero-order valence-corrected chi connectivity index (χ0v) is 15.3. The fraction of sp³-hybridized carbons (Fsp3) is 0. The molecule has 134 valence electrons. The number of nitrogens with zero attached hydrogens (tertiary/aromatic N) is 1. The number of amides is 1. The largest absolute Gasteiger partial charge is 0.506 e. The summed E-state index contributed by atoms with van der Waals surface area (Å²) in [4.78, 5) is 31.7. The molecule has 27 heavy (non-hydrogen) atoms. The van der Waals surface area contributed by atoms with E-state index in [1.807, 2.05) is 12.1 Å². The van der Waals surface area contributed by atoms with E-state index < -0.39 is 11.5 Å². The van der Waals surface area contributed by atoms with Gasteiger partial charge in [-0.05, 0) is 24.3 Å². The molecule has 0 saturated carbocycles. The van der Waals surface area contributed by atoms with E-state index in [1.54, 1.807) is 41.8 Å². The number of fused-ring (bicyclic) bond motifs is 1. The van der Waals surface area contributed by atoms with Crippen LogP contribution in [0.3, 0.4) is 0 Å². The van der Waals surface area contributed by atoms with Crippen LogP contribution < -0.4 is 10.9 Å². The van der Waals surface area contributed by atoms with Crippen molar-refractivity contribution in [2.45, 2.75) is 0 Å². The maximum atomic E-state index is 12.5. The molecule has 0 spiro atoms. The zero-order chi connectivity index (χ0) is 19.0. The number of nitrogens with one attached hydrogen (secondary N) is 2. The number of hydrogen-bond donors (Lipinski definition) is 3. The van der Waals surface area contributed by atoms with Crippen LogP contribution in [0.15, 0.2) is 58.7 Å². The van der Waals surface area contributed by atoms with Gasteiger partial charge < -0.3 is 10.1 Å². The number of benzene rings is 2. The Kier molecular flexibility index (Phi) is 4.39. The van der Waals surface area contributed by atoms with Gasteiger partial charge in [-0.3, -0.25) is 14.9 Å². The highest BCUT2D eigenvalue weighted by Gasteiger charge is 2.20. The molecule has 1 amide bonds. The van der Waals surface area contributed by atoms with Crippen molar-refractivity contribution in [3.63, 3.8) is 0 Å². The van der Waals surface area contributed by atoms with Crippen molar-refractivity contribution in [3.8, 4) is 17.0 Å². The minimum Gasteiger partial charge on any atom is -0.506 e. The molecule has 3 N–H and O–H groups in total. The van der Waals surface area contributed by atoms with Gasteiger partial charge >= 0.3 is 0 Å². The van der Waals surface area contributed by atoms with Crippen molar-refractivity contribution in [2.75, 3.05) is 5.32 Å². The number of H-pyrrole nitrogens is 1. The fourth-order valence-electron chi connectivity index (χ4n) is 2.68. The summed E-state index contributed by atoms with van der Waals surface area (Å²) in [6, 6.07) is 13.9. The van der Waals surface area contributed by atoms with Gasteiger partial charge in [-0.1, -0.05) is 35.9 Å². The molecule has 0 bridgehead atoms. The van der Waals surface area contributed by atoms with Gasteiger partial charge in [0.25, 0.3) is 11.5 Å². The summed E-state index contributed by atoms with van der Waals surface area (Å²) in [6.07, 6.45) is 0. The Balaban J connectivity index is 1.64. The second-order valence-electron chi connectivity index (χ2n) is 5.72. The molecule has 2 heterocycles. The van der Waals surface area contributed by atoms with E-state index in [4.69, 9.17) is 11.6 Å². The summed E-state index contributed by atoms with van der Waals surface area (Å²) in [5.41, 5.74) is 0.956. The normalized spacial score (nSPS) is 10.9. The van der Waals surface area contributed by atoms with Gasteiger partial charge in [-0.25, -0.2) is 4.98 Å². The van der Waals surface area contributed by atoms with E-state index in [-0.39, 0.29) is 11.3 Å². The quantitative estimate of drug-likeness (QED) is 0.481. The van der Waals surface area contributed by atoms with Gasteiger partial charge in [0.1, 0.15) is 11.3 Å². The number of aromatic hydroxyl groups is 1. The number of anilines is 1. The molecule has 4 rings (SSSR count). The second-order valence-corrected chi connectivity index (χ2v) is 7.02. The average Bonchev–Trinajstić information content (AvgIpc) is 3.10. The Hall–Kier alpha value is -3.16. The highest BCUT2D eigenvalue weighted by atomic mass is 35.5. The summed E-state index contributed by atoms with van der Waals surface area (Å²) < 4.78 is 0. The number of carbonyl (C=O) groups is 1. The lowest BCUT2D eigenvalue weighted by atomic mass is 10.1. The topological polar surface area (TPSA) is 95.1 Å². The Labute approximate surface area is 162 Å². The molecule has 0 fully saturated rings. The monoisotopic (exact) mass is 397 g/mol. The number of carbonyl (C=O) groups excluding carboxylic acids is 1. The van der Waals surface area contributed by atoms with Crippen molar-refractivity contribution in [2.24, 2.45) is 0 Å². The predicted octanol–water partition coefficient (Wildman–Crippen LogP) is 4.26. The number of hydrogen-bond acceptors (Lipinski definition) is 5. The molecular formula is C19H12ClN3O3S. The van der Waals surface area contributed by atoms with Crippen LogP contribution in [0.1, 0.15) is 10.4 Å². The lowest BCUT2D eigenvalue weighted by molar-refractivity contribution is 0.102. The SMILES string of the molecule is O=C(Nc1nc(-c2ccc(Cl)cc2)cs1)c1c(O)c2ccccc2[nH]c1=O. The van der Waals surface area contributed by atoms with E-state index in [2.05, 4.69) is 15.3 Å². The van der Waals surface area contributed by atoms with E-state index in [1.165, 1.54) is 11.3 Å². The molecule has 0 aliphatic carbocycles. The molecule has 0 saturated heterocycles. The highest BCUT2D eigenvalue weighted by Crippen LogP contribution is 2.28. The Morgan fingerprint density at radius 1 is 1.15 bits per heavy atom. The summed E-state index contributed by atoms with van der Waals surface area (Å²) in [7, 11) is 0. The molecule has 0 radical (unpaired) electrons. The molecule has 2 aromatic carbocycles. The molecule has 0 unspecified atom stereocenters. The number of para-hydroxylation sites is 1. The van der Waals surface area contributed by atoms with Crippen LogP contribution in [0.2, 0.25) is 5.02 Å². The first-order valence-electron chi connectivity index (χ1n) is 7.90. The van der Waals surface area contributed by atoms with E-state index in [0.717, 1.165) is 5.56 Å². The molecule has 6 nitrogen and oxygen atoms in total.